The SMILES string of the molecule is C[C@H]1C(=O)CC[C@H]2[C@]3(C)CC[C@@]4(C)[C@@H]5CC(C)(C)CC[C@]5(C)CC[C@]4(C)[C@@H]3CC[C@@]21C. The maximum absolute atomic E-state index is 12.7. The summed E-state index contributed by atoms with van der Waals surface area (Å²) < 4.78 is 0. The normalized spacial score (nSPS) is 58.5. The van der Waals surface area contributed by atoms with Gasteiger partial charge in [0.05, 0.1) is 0 Å². The summed E-state index contributed by atoms with van der Waals surface area (Å²) in [5.41, 5.74) is 2.67. The Morgan fingerprint density at radius 1 is 0.645 bits per heavy atom. The van der Waals surface area contributed by atoms with Crippen LogP contribution in [0.3, 0.4) is 0 Å². The Labute approximate surface area is 192 Å². The van der Waals surface area contributed by atoms with Crippen molar-refractivity contribution in [3.8, 4) is 0 Å². The van der Waals surface area contributed by atoms with Crippen LogP contribution in [0.2, 0.25) is 0 Å². The van der Waals surface area contributed by atoms with Crippen LogP contribution < -0.4 is 0 Å². The van der Waals surface area contributed by atoms with E-state index < -0.39 is 0 Å². The molecule has 0 aromatic heterocycles. The number of hydrogen-bond acceptors (Lipinski definition) is 1. The zero-order chi connectivity index (χ0) is 22.7. The molecule has 0 amide bonds. The molecule has 5 aliphatic rings. The van der Waals surface area contributed by atoms with Gasteiger partial charge in [-0.3, -0.25) is 4.79 Å². The molecule has 0 aromatic rings. The second kappa shape index (κ2) is 6.41. The lowest BCUT2D eigenvalue weighted by atomic mass is 9.30. The van der Waals surface area contributed by atoms with Crippen molar-refractivity contribution in [2.75, 3.05) is 0 Å². The highest BCUT2D eigenvalue weighted by atomic mass is 16.1. The Balaban J connectivity index is 1.55. The van der Waals surface area contributed by atoms with Crippen molar-refractivity contribution in [3.05, 3.63) is 0 Å². The van der Waals surface area contributed by atoms with Crippen LogP contribution in [0.5, 0.6) is 0 Å². The minimum atomic E-state index is 0.237. The van der Waals surface area contributed by atoms with E-state index in [-0.39, 0.29) is 11.3 Å². The molecule has 31 heavy (non-hydrogen) atoms. The van der Waals surface area contributed by atoms with E-state index in [9.17, 15) is 4.79 Å². The van der Waals surface area contributed by atoms with Crippen LogP contribution >= 0.6 is 0 Å². The third-order valence-corrected chi connectivity index (χ3v) is 13.7. The first kappa shape index (κ1) is 22.5. The minimum Gasteiger partial charge on any atom is -0.299 e. The molecule has 0 bridgehead atoms. The monoisotopic (exact) mass is 426 g/mol. The fraction of sp³-hybridized carbons (Fsp3) is 0.967. The van der Waals surface area contributed by atoms with Crippen LogP contribution in [0.25, 0.3) is 0 Å². The van der Waals surface area contributed by atoms with Gasteiger partial charge in [0.1, 0.15) is 5.78 Å². The van der Waals surface area contributed by atoms with E-state index in [1.165, 1.54) is 57.8 Å². The Hall–Kier alpha value is -0.330. The average molecular weight is 427 g/mol. The van der Waals surface area contributed by atoms with Crippen molar-refractivity contribution in [1.29, 1.82) is 0 Å². The summed E-state index contributed by atoms with van der Waals surface area (Å²) in [6.45, 7) is 20.7. The van der Waals surface area contributed by atoms with Crippen molar-refractivity contribution in [2.45, 2.75) is 126 Å². The summed E-state index contributed by atoms with van der Waals surface area (Å²) in [5, 5.41) is 0. The topological polar surface area (TPSA) is 17.1 Å². The molecular formula is C30H50O. The van der Waals surface area contributed by atoms with Gasteiger partial charge in [-0.2, -0.15) is 0 Å². The molecule has 1 heteroatoms. The number of rotatable bonds is 0. The number of hydrogen-bond donors (Lipinski definition) is 0. The molecule has 0 spiro atoms. The van der Waals surface area contributed by atoms with Crippen molar-refractivity contribution in [2.24, 2.45) is 56.2 Å². The molecule has 5 fully saturated rings. The predicted octanol–water partition coefficient (Wildman–Crippen LogP) is 8.46. The lowest BCUT2D eigenvalue weighted by Crippen LogP contribution is -2.67. The van der Waals surface area contributed by atoms with Crippen LogP contribution in [-0.2, 0) is 4.79 Å². The Morgan fingerprint density at radius 2 is 1.26 bits per heavy atom. The van der Waals surface area contributed by atoms with Crippen molar-refractivity contribution >= 4 is 5.78 Å². The highest BCUT2D eigenvalue weighted by molar-refractivity contribution is 5.82. The molecule has 0 N–H and O–H groups in total. The van der Waals surface area contributed by atoms with Crippen LogP contribution in [0.4, 0.5) is 0 Å². The van der Waals surface area contributed by atoms with E-state index in [2.05, 4.69) is 55.4 Å². The maximum Gasteiger partial charge on any atom is 0.136 e. The summed E-state index contributed by atoms with van der Waals surface area (Å²) in [6, 6.07) is 0. The van der Waals surface area contributed by atoms with Gasteiger partial charge in [-0.05, 0) is 114 Å². The van der Waals surface area contributed by atoms with Gasteiger partial charge in [-0.1, -0.05) is 55.4 Å². The lowest BCUT2D eigenvalue weighted by Gasteiger charge is -2.74. The largest absolute Gasteiger partial charge is 0.299 e. The first-order valence-electron chi connectivity index (χ1n) is 13.7. The number of carbonyl (C=O) groups is 1. The van der Waals surface area contributed by atoms with Gasteiger partial charge in [0, 0.05) is 12.3 Å². The number of ketones is 1. The standard InChI is InChI=1S/C30H50O/c1-20-21(31)9-10-22-27(20,5)12-11-23-28(22,6)16-18-30(8)24-19-25(2,3)13-14-26(24,4)15-17-29(23,30)7/h20,22-24H,9-19H2,1-8H3/t20-,22+,23+,24+,26+,27+,28-,29+,30-/m0/s1. The molecule has 5 rings (SSSR count). The summed E-state index contributed by atoms with van der Waals surface area (Å²) in [5.74, 6) is 3.27. The van der Waals surface area contributed by atoms with Crippen LogP contribution in [-0.4, -0.2) is 5.78 Å². The quantitative estimate of drug-likeness (QED) is 0.379. The van der Waals surface area contributed by atoms with Gasteiger partial charge in [0.15, 0.2) is 0 Å². The minimum absolute atomic E-state index is 0.237. The van der Waals surface area contributed by atoms with Gasteiger partial charge >= 0.3 is 0 Å². The first-order valence-corrected chi connectivity index (χ1v) is 13.7. The highest BCUT2D eigenvalue weighted by Gasteiger charge is 2.70. The zero-order valence-electron chi connectivity index (χ0n) is 22.0. The number of carbonyl (C=O) groups excluding carboxylic acids is 1. The molecule has 176 valence electrons. The maximum atomic E-state index is 12.7. The van der Waals surface area contributed by atoms with E-state index in [4.69, 9.17) is 0 Å². The molecule has 0 heterocycles. The number of Topliss-reactive ketones (excluding diaryl/α,β-unsaturated/α-hetero) is 1. The van der Waals surface area contributed by atoms with E-state index in [0.717, 1.165) is 30.6 Å². The molecule has 0 radical (unpaired) electrons. The van der Waals surface area contributed by atoms with Crippen molar-refractivity contribution in [3.63, 3.8) is 0 Å². The Morgan fingerprint density at radius 3 is 1.97 bits per heavy atom. The van der Waals surface area contributed by atoms with Crippen LogP contribution in [0.15, 0.2) is 0 Å². The highest BCUT2D eigenvalue weighted by Crippen LogP contribution is 2.78. The van der Waals surface area contributed by atoms with Gasteiger partial charge in [0.2, 0.25) is 0 Å². The molecule has 0 aromatic carbocycles. The molecule has 9 atom stereocenters. The summed E-state index contributed by atoms with van der Waals surface area (Å²) in [6.07, 6.45) is 14.6. The van der Waals surface area contributed by atoms with Crippen LogP contribution in [0, 0.1) is 56.2 Å². The third-order valence-electron chi connectivity index (χ3n) is 13.7. The van der Waals surface area contributed by atoms with Crippen molar-refractivity contribution in [1.82, 2.24) is 0 Å². The Bertz CT molecular complexity index is 781. The molecule has 1 nitrogen and oxygen atoms in total. The predicted molar refractivity (Wildman–Crippen MR) is 130 cm³/mol. The molecule has 0 aliphatic heterocycles. The Kier molecular flexibility index (Phi) is 4.65. The molecule has 0 unspecified atom stereocenters. The second-order valence-electron chi connectivity index (χ2n) is 15.3. The van der Waals surface area contributed by atoms with E-state index in [0.29, 0.717) is 32.9 Å². The van der Waals surface area contributed by atoms with E-state index in [1.54, 1.807) is 0 Å². The summed E-state index contributed by atoms with van der Waals surface area (Å²) in [7, 11) is 0. The second-order valence-corrected chi connectivity index (χ2v) is 15.3. The fourth-order valence-electron chi connectivity index (χ4n) is 11.2. The summed E-state index contributed by atoms with van der Waals surface area (Å²) >= 11 is 0. The average Bonchev–Trinajstić information content (AvgIpc) is 2.69. The zero-order valence-corrected chi connectivity index (χ0v) is 22.0. The smallest absolute Gasteiger partial charge is 0.136 e. The number of fused-ring (bicyclic) bond motifs is 7. The van der Waals surface area contributed by atoms with Gasteiger partial charge in [-0.25, -0.2) is 0 Å². The molecule has 0 saturated heterocycles. The van der Waals surface area contributed by atoms with E-state index >= 15 is 0 Å². The molecular weight excluding hydrogens is 376 g/mol. The van der Waals surface area contributed by atoms with Gasteiger partial charge in [0.25, 0.3) is 0 Å². The van der Waals surface area contributed by atoms with E-state index in [1.807, 2.05) is 0 Å². The van der Waals surface area contributed by atoms with Gasteiger partial charge < -0.3 is 0 Å². The fourth-order valence-corrected chi connectivity index (χ4v) is 11.2. The molecule has 5 saturated carbocycles. The third kappa shape index (κ3) is 2.70. The molecule has 5 aliphatic carbocycles. The first-order chi connectivity index (χ1) is 14.2. The van der Waals surface area contributed by atoms with Crippen LogP contribution in [0.1, 0.15) is 126 Å². The van der Waals surface area contributed by atoms with Crippen molar-refractivity contribution < 1.29 is 4.79 Å². The lowest BCUT2D eigenvalue weighted by molar-refractivity contribution is -0.256. The summed E-state index contributed by atoms with van der Waals surface area (Å²) in [4.78, 5) is 12.7. The van der Waals surface area contributed by atoms with Gasteiger partial charge in [-0.15, -0.1) is 0 Å².